The highest BCUT2D eigenvalue weighted by Crippen LogP contribution is 2.27. The molecule has 0 aliphatic heterocycles. The van der Waals surface area contributed by atoms with Crippen molar-refractivity contribution in [1.29, 1.82) is 0 Å². The van der Waals surface area contributed by atoms with Crippen LogP contribution in [0.4, 0.5) is 0 Å². The van der Waals surface area contributed by atoms with Crippen molar-refractivity contribution in [3.63, 3.8) is 0 Å². The highest BCUT2D eigenvalue weighted by Gasteiger charge is 2.16. The van der Waals surface area contributed by atoms with Crippen molar-refractivity contribution in [3.8, 4) is 0 Å². The Morgan fingerprint density at radius 2 is 2.07 bits per heavy atom. The molecule has 3 aromatic rings. The molecule has 2 aromatic carbocycles. The van der Waals surface area contributed by atoms with Gasteiger partial charge in [-0.05, 0) is 36.8 Å². The Balaban J connectivity index is 1.70. The molecule has 3 rings (SSSR count). The SMILES string of the molecule is COCCn1c(SCC(=O)N[C@@H](C)c2ccccc2Cl)nc2cc(Cl)ccc21. The van der Waals surface area contributed by atoms with Gasteiger partial charge in [0.2, 0.25) is 5.91 Å². The zero-order chi connectivity index (χ0) is 20.1. The van der Waals surface area contributed by atoms with E-state index in [0.717, 1.165) is 21.8 Å². The third-order valence-corrected chi connectivity index (χ3v) is 5.83. The maximum atomic E-state index is 12.4. The molecular weight excluding hydrogens is 417 g/mol. The Morgan fingerprint density at radius 1 is 1.29 bits per heavy atom. The number of benzene rings is 2. The van der Waals surface area contributed by atoms with Crippen LogP contribution < -0.4 is 5.32 Å². The predicted molar refractivity (Wildman–Crippen MR) is 115 cm³/mol. The normalized spacial score (nSPS) is 12.3. The molecule has 0 saturated carbocycles. The second kappa shape index (κ2) is 9.65. The number of hydrogen-bond acceptors (Lipinski definition) is 4. The summed E-state index contributed by atoms with van der Waals surface area (Å²) in [6.45, 7) is 3.12. The van der Waals surface area contributed by atoms with E-state index in [1.54, 1.807) is 7.11 Å². The minimum Gasteiger partial charge on any atom is -0.383 e. The number of aromatic nitrogens is 2. The van der Waals surface area contributed by atoms with E-state index in [9.17, 15) is 4.79 Å². The van der Waals surface area contributed by atoms with Crippen molar-refractivity contribution in [2.24, 2.45) is 0 Å². The van der Waals surface area contributed by atoms with Gasteiger partial charge in [-0.15, -0.1) is 0 Å². The summed E-state index contributed by atoms with van der Waals surface area (Å²) in [6.07, 6.45) is 0. The fraction of sp³-hybridized carbons (Fsp3) is 0.300. The molecular formula is C20H21Cl2N3O2S. The molecule has 8 heteroatoms. The van der Waals surface area contributed by atoms with E-state index in [-0.39, 0.29) is 17.7 Å². The second-order valence-electron chi connectivity index (χ2n) is 6.27. The largest absolute Gasteiger partial charge is 0.383 e. The molecule has 1 heterocycles. The average molecular weight is 438 g/mol. The first-order valence-corrected chi connectivity index (χ1v) is 10.5. The van der Waals surface area contributed by atoms with Gasteiger partial charge < -0.3 is 14.6 Å². The van der Waals surface area contributed by atoms with E-state index in [2.05, 4.69) is 10.3 Å². The fourth-order valence-corrected chi connectivity index (χ4v) is 4.22. The number of fused-ring (bicyclic) bond motifs is 1. The molecule has 148 valence electrons. The third-order valence-electron chi connectivity index (χ3n) is 4.28. The van der Waals surface area contributed by atoms with Crippen LogP contribution in [-0.4, -0.2) is 34.9 Å². The molecule has 1 N–H and O–H groups in total. The Labute approximate surface area is 178 Å². The topological polar surface area (TPSA) is 56.1 Å². The van der Waals surface area contributed by atoms with Crippen LogP contribution in [-0.2, 0) is 16.1 Å². The zero-order valence-electron chi connectivity index (χ0n) is 15.6. The minimum absolute atomic E-state index is 0.0826. The molecule has 1 amide bonds. The van der Waals surface area contributed by atoms with Crippen LogP contribution in [0, 0.1) is 0 Å². The van der Waals surface area contributed by atoms with Crippen LogP contribution in [0.2, 0.25) is 10.0 Å². The van der Waals surface area contributed by atoms with Crippen LogP contribution in [0.5, 0.6) is 0 Å². The summed E-state index contributed by atoms with van der Waals surface area (Å²) in [7, 11) is 1.66. The highest BCUT2D eigenvalue weighted by molar-refractivity contribution is 7.99. The van der Waals surface area contributed by atoms with Crippen molar-refractivity contribution < 1.29 is 9.53 Å². The average Bonchev–Trinajstić information content (AvgIpc) is 3.01. The van der Waals surface area contributed by atoms with E-state index in [1.165, 1.54) is 11.8 Å². The minimum atomic E-state index is -0.173. The predicted octanol–water partition coefficient (Wildman–Crippen LogP) is 4.96. The summed E-state index contributed by atoms with van der Waals surface area (Å²) in [4.78, 5) is 17.1. The van der Waals surface area contributed by atoms with Crippen LogP contribution in [0.3, 0.4) is 0 Å². The Morgan fingerprint density at radius 3 is 2.82 bits per heavy atom. The lowest BCUT2D eigenvalue weighted by Crippen LogP contribution is -2.28. The molecule has 5 nitrogen and oxygen atoms in total. The van der Waals surface area contributed by atoms with E-state index in [0.29, 0.717) is 23.2 Å². The van der Waals surface area contributed by atoms with E-state index < -0.39 is 0 Å². The molecule has 1 aromatic heterocycles. The Bertz CT molecular complexity index is 977. The number of hydrogen-bond donors (Lipinski definition) is 1. The number of ether oxygens (including phenoxy) is 1. The van der Waals surface area contributed by atoms with Crippen molar-refractivity contribution in [2.45, 2.75) is 24.7 Å². The van der Waals surface area contributed by atoms with Crippen molar-refractivity contribution >= 4 is 51.9 Å². The molecule has 0 fully saturated rings. The summed E-state index contributed by atoms with van der Waals surface area (Å²) >= 11 is 13.7. The fourth-order valence-electron chi connectivity index (χ4n) is 2.91. The van der Waals surface area contributed by atoms with Gasteiger partial charge in [0.25, 0.3) is 0 Å². The molecule has 0 radical (unpaired) electrons. The van der Waals surface area contributed by atoms with Crippen molar-refractivity contribution in [3.05, 3.63) is 58.1 Å². The second-order valence-corrected chi connectivity index (χ2v) is 8.06. The molecule has 0 saturated heterocycles. The molecule has 28 heavy (non-hydrogen) atoms. The maximum Gasteiger partial charge on any atom is 0.230 e. The first kappa shape index (κ1) is 21.0. The third kappa shape index (κ3) is 5.00. The zero-order valence-corrected chi connectivity index (χ0v) is 17.9. The number of amides is 1. The van der Waals surface area contributed by atoms with Gasteiger partial charge in [-0.1, -0.05) is 53.2 Å². The lowest BCUT2D eigenvalue weighted by atomic mass is 10.1. The van der Waals surface area contributed by atoms with Gasteiger partial charge in [-0.25, -0.2) is 4.98 Å². The molecule has 0 spiro atoms. The summed E-state index contributed by atoms with van der Waals surface area (Å²) in [5.74, 6) is 0.166. The van der Waals surface area contributed by atoms with Crippen LogP contribution >= 0.6 is 35.0 Å². The van der Waals surface area contributed by atoms with E-state index in [1.807, 2.05) is 54.0 Å². The molecule has 0 bridgehead atoms. The Kier molecular flexibility index (Phi) is 7.24. The number of thioether (sulfide) groups is 1. The summed E-state index contributed by atoms with van der Waals surface area (Å²) in [5.41, 5.74) is 2.66. The first-order valence-electron chi connectivity index (χ1n) is 8.81. The monoisotopic (exact) mass is 437 g/mol. The molecule has 1 atom stereocenters. The number of rotatable bonds is 8. The first-order chi connectivity index (χ1) is 13.5. The lowest BCUT2D eigenvalue weighted by molar-refractivity contribution is -0.119. The maximum absolute atomic E-state index is 12.4. The standard InChI is InChI=1S/C20H21Cl2N3O2S/c1-13(15-5-3-4-6-16(15)22)23-19(26)12-28-20-24-17-11-14(21)7-8-18(17)25(20)9-10-27-2/h3-8,11,13H,9-10,12H2,1-2H3,(H,23,26)/t13-/m0/s1. The summed E-state index contributed by atoms with van der Waals surface area (Å²) < 4.78 is 7.25. The van der Waals surface area contributed by atoms with Gasteiger partial charge in [0, 0.05) is 23.7 Å². The van der Waals surface area contributed by atoms with Gasteiger partial charge in [0.1, 0.15) is 0 Å². The smallest absolute Gasteiger partial charge is 0.230 e. The Hall–Kier alpha value is -1.73. The number of nitrogens with zero attached hydrogens (tertiary/aromatic N) is 2. The van der Waals surface area contributed by atoms with Crippen LogP contribution in [0.25, 0.3) is 11.0 Å². The number of methoxy groups -OCH3 is 1. The summed E-state index contributed by atoms with van der Waals surface area (Å²) in [5, 5.41) is 5.02. The van der Waals surface area contributed by atoms with Gasteiger partial charge in [-0.2, -0.15) is 0 Å². The number of nitrogens with one attached hydrogen (secondary N) is 1. The molecule has 0 aliphatic rings. The van der Waals surface area contributed by atoms with Crippen molar-refractivity contribution in [1.82, 2.24) is 14.9 Å². The molecule has 0 unspecified atom stereocenters. The van der Waals surface area contributed by atoms with Crippen LogP contribution in [0.1, 0.15) is 18.5 Å². The summed E-state index contributed by atoms with van der Waals surface area (Å²) in [6, 6.07) is 12.9. The van der Waals surface area contributed by atoms with Gasteiger partial charge >= 0.3 is 0 Å². The highest BCUT2D eigenvalue weighted by atomic mass is 35.5. The number of imidazole rings is 1. The van der Waals surface area contributed by atoms with E-state index in [4.69, 9.17) is 27.9 Å². The quantitative estimate of drug-likeness (QED) is 0.505. The number of carbonyl (C=O) groups excluding carboxylic acids is 1. The van der Waals surface area contributed by atoms with Gasteiger partial charge in [0.05, 0.1) is 29.4 Å². The lowest BCUT2D eigenvalue weighted by Gasteiger charge is -2.15. The van der Waals surface area contributed by atoms with Gasteiger partial charge in [0.15, 0.2) is 5.16 Å². The molecule has 0 aliphatic carbocycles. The van der Waals surface area contributed by atoms with E-state index >= 15 is 0 Å². The van der Waals surface area contributed by atoms with Crippen molar-refractivity contribution in [2.75, 3.05) is 19.5 Å². The number of carbonyl (C=O) groups is 1. The van der Waals surface area contributed by atoms with Crippen LogP contribution in [0.15, 0.2) is 47.6 Å². The van der Waals surface area contributed by atoms with Gasteiger partial charge in [-0.3, -0.25) is 4.79 Å². The number of halogens is 2.